The molecule has 2 aromatic carbocycles. The van der Waals surface area contributed by atoms with E-state index < -0.39 is 6.10 Å². The minimum Gasteiger partial charge on any atom is -0.390 e. The van der Waals surface area contributed by atoms with Crippen molar-refractivity contribution in [3.63, 3.8) is 0 Å². The minimum absolute atomic E-state index is 0.0212. The lowest BCUT2D eigenvalue weighted by atomic mass is 10.00. The average molecular weight is 411 g/mol. The van der Waals surface area contributed by atoms with E-state index in [9.17, 15) is 5.11 Å². The highest BCUT2D eigenvalue weighted by Crippen LogP contribution is 2.21. The van der Waals surface area contributed by atoms with E-state index in [2.05, 4.69) is 55.1 Å². The normalized spacial score (nSPS) is 17.3. The zero-order chi connectivity index (χ0) is 21.3. The summed E-state index contributed by atoms with van der Waals surface area (Å²) < 4.78 is 5.64. The Morgan fingerprint density at radius 2 is 1.83 bits per heavy atom. The van der Waals surface area contributed by atoms with Crippen LogP contribution in [0.2, 0.25) is 0 Å². The Morgan fingerprint density at radius 3 is 2.57 bits per heavy atom. The van der Waals surface area contributed by atoms with Gasteiger partial charge in [-0.05, 0) is 24.0 Å². The van der Waals surface area contributed by atoms with Crippen LogP contribution in [-0.4, -0.2) is 54.2 Å². The summed E-state index contributed by atoms with van der Waals surface area (Å²) in [6, 6.07) is 18.6. The summed E-state index contributed by atoms with van der Waals surface area (Å²) in [5.74, 6) is 0.460. The van der Waals surface area contributed by atoms with E-state index in [1.54, 1.807) is 0 Å². The van der Waals surface area contributed by atoms with Crippen molar-refractivity contribution in [3.05, 3.63) is 71.3 Å². The van der Waals surface area contributed by atoms with Crippen LogP contribution in [0, 0.1) is 12.8 Å². The van der Waals surface area contributed by atoms with Gasteiger partial charge in [-0.25, -0.2) is 0 Å². The first kappa shape index (κ1) is 22.5. The van der Waals surface area contributed by atoms with Crippen molar-refractivity contribution in [3.8, 4) is 0 Å². The molecule has 1 heterocycles. The molecule has 3 rings (SSSR count). The second-order valence-corrected chi connectivity index (χ2v) is 8.55. The molecule has 0 unspecified atom stereocenters. The number of aliphatic hydroxyl groups is 1. The number of ether oxygens (including phenoxy) is 1. The highest BCUT2D eigenvalue weighted by atomic mass is 16.6. The Bertz CT molecular complexity index is 807. The van der Waals surface area contributed by atoms with Gasteiger partial charge in [0.05, 0.1) is 18.4 Å². The highest BCUT2D eigenvalue weighted by molar-refractivity contribution is 6.02. The molecule has 0 radical (unpaired) electrons. The predicted octanol–water partition coefficient (Wildman–Crippen LogP) is 4.02. The molecular formula is C25H34N2O3. The molecule has 0 aromatic heterocycles. The lowest BCUT2D eigenvalue weighted by Gasteiger charge is -2.27. The Labute approximate surface area is 180 Å². The maximum Gasteiger partial charge on any atom is 0.145 e. The molecule has 1 aliphatic rings. The second-order valence-electron chi connectivity index (χ2n) is 8.55. The molecule has 0 aliphatic carbocycles. The van der Waals surface area contributed by atoms with Crippen LogP contribution >= 0.6 is 0 Å². The van der Waals surface area contributed by atoms with Gasteiger partial charge in [0.25, 0.3) is 0 Å². The van der Waals surface area contributed by atoms with E-state index >= 15 is 0 Å². The number of aliphatic hydroxyl groups excluding tert-OH is 1. The van der Waals surface area contributed by atoms with E-state index in [1.165, 1.54) is 11.1 Å². The van der Waals surface area contributed by atoms with Gasteiger partial charge in [-0.2, -0.15) is 0 Å². The van der Waals surface area contributed by atoms with Crippen molar-refractivity contribution in [2.75, 3.05) is 26.3 Å². The number of hydrogen-bond donors (Lipinski definition) is 1. The van der Waals surface area contributed by atoms with Gasteiger partial charge in [0, 0.05) is 38.2 Å². The fraction of sp³-hybridized carbons (Fsp3) is 0.480. The molecule has 2 atom stereocenters. The van der Waals surface area contributed by atoms with E-state index in [0.29, 0.717) is 32.2 Å². The van der Waals surface area contributed by atoms with Crippen LogP contribution in [0.4, 0.5) is 0 Å². The first-order valence-electron chi connectivity index (χ1n) is 10.8. The average Bonchev–Trinajstić information content (AvgIpc) is 3.17. The van der Waals surface area contributed by atoms with Crippen LogP contribution in [-0.2, 0) is 16.1 Å². The third kappa shape index (κ3) is 6.94. The third-order valence-corrected chi connectivity index (χ3v) is 5.13. The topological polar surface area (TPSA) is 54.3 Å². The van der Waals surface area contributed by atoms with Crippen molar-refractivity contribution < 1.29 is 14.7 Å². The minimum atomic E-state index is -0.536. The van der Waals surface area contributed by atoms with Crippen LogP contribution in [0.5, 0.6) is 0 Å². The molecule has 0 spiro atoms. The summed E-state index contributed by atoms with van der Waals surface area (Å²) in [7, 11) is 0. The van der Waals surface area contributed by atoms with Crippen molar-refractivity contribution in [2.45, 2.75) is 45.9 Å². The maximum atomic E-state index is 10.5. The number of rotatable bonds is 11. The zero-order valence-corrected chi connectivity index (χ0v) is 18.3. The zero-order valence-electron chi connectivity index (χ0n) is 18.3. The third-order valence-electron chi connectivity index (χ3n) is 5.13. The summed E-state index contributed by atoms with van der Waals surface area (Å²) in [6.45, 7) is 9.31. The van der Waals surface area contributed by atoms with Crippen LogP contribution in [0.25, 0.3) is 0 Å². The quantitative estimate of drug-likeness (QED) is 0.608. The van der Waals surface area contributed by atoms with Crippen molar-refractivity contribution in [1.29, 1.82) is 0 Å². The SMILES string of the molecule is Cc1ccccc1C1=NO[C@@H](CN(Cc2ccccc2)C[C@H](O)COCC(C)C)C1. The number of aryl methyl sites for hydroxylation is 1. The molecule has 0 fully saturated rings. The van der Waals surface area contributed by atoms with Gasteiger partial charge in [0.1, 0.15) is 6.10 Å². The van der Waals surface area contributed by atoms with E-state index in [1.807, 2.05) is 30.3 Å². The predicted molar refractivity (Wildman–Crippen MR) is 121 cm³/mol. The molecule has 5 heteroatoms. The summed E-state index contributed by atoms with van der Waals surface area (Å²) in [6.07, 6.45) is 0.216. The maximum absolute atomic E-state index is 10.5. The lowest BCUT2D eigenvalue weighted by molar-refractivity contribution is -0.00734. The molecule has 2 aromatic rings. The second kappa shape index (κ2) is 11.3. The van der Waals surface area contributed by atoms with Gasteiger partial charge in [-0.3, -0.25) is 4.90 Å². The number of nitrogens with zero attached hydrogens (tertiary/aromatic N) is 2. The van der Waals surface area contributed by atoms with Crippen LogP contribution in [0.15, 0.2) is 59.8 Å². The van der Waals surface area contributed by atoms with Gasteiger partial charge < -0.3 is 14.7 Å². The first-order chi connectivity index (χ1) is 14.5. The van der Waals surface area contributed by atoms with E-state index in [0.717, 1.165) is 24.2 Å². The molecule has 0 saturated heterocycles. The standard InChI is InChI=1S/C25H34N2O3/c1-19(2)17-29-18-22(28)15-27(14-21-10-5-4-6-11-21)16-23-13-25(26-30-23)24-12-8-7-9-20(24)3/h4-12,19,22-23,28H,13-18H2,1-3H3/t22-,23+/m0/s1. The fourth-order valence-electron chi connectivity index (χ4n) is 3.71. The van der Waals surface area contributed by atoms with E-state index in [4.69, 9.17) is 9.57 Å². The Kier molecular flexibility index (Phi) is 8.43. The van der Waals surface area contributed by atoms with Crippen LogP contribution < -0.4 is 0 Å². The van der Waals surface area contributed by atoms with Crippen LogP contribution in [0.3, 0.4) is 0 Å². The highest BCUT2D eigenvalue weighted by Gasteiger charge is 2.26. The Balaban J connectivity index is 1.59. The van der Waals surface area contributed by atoms with Crippen molar-refractivity contribution in [2.24, 2.45) is 11.1 Å². The Morgan fingerprint density at radius 1 is 1.10 bits per heavy atom. The summed E-state index contributed by atoms with van der Waals surface area (Å²) in [4.78, 5) is 8.01. The van der Waals surface area contributed by atoms with Crippen molar-refractivity contribution >= 4 is 5.71 Å². The molecule has 0 amide bonds. The van der Waals surface area contributed by atoms with E-state index in [-0.39, 0.29) is 6.10 Å². The molecule has 5 nitrogen and oxygen atoms in total. The van der Waals surface area contributed by atoms with Gasteiger partial charge in [0.2, 0.25) is 0 Å². The van der Waals surface area contributed by atoms with Gasteiger partial charge in [-0.1, -0.05) is 73.6 Å². The Hall–Kier alpha value is -2.21. The molecule has 0 saturated carbocycles. The smallest absolute Gasteiger partial charge is 0.145 e. The van der Waals surface area contributed by atoms with Gasteiger partial charge in [0.15, 0.2) is 0 Å². The summed E-state index contributed by atoms with van der Waals surface area (Å²) >= 11 is 0. The number of oxime groups is 1. The number of hydrogen-bond acceptors (Lipinski definition) is 5. The van der Waals surface area contributed by atoms with Crippen molar-refractivity contribution in [1.82, 2.24) is 4.90 Å². The first-order valence-corrected chi connectivity index (χ1v) is 10.8. The molecule has 162 valence electrons. The lowest BCUT2D eigenvalue weighted by Crippen LogP contribution is -2.39. The van der Waals surface area contributed by atoms with Crippen LogP contribution in [0.1, 0.15) is 37.0 Å². The molecular weight excluding hydrogens is 376 g/mol. The molecule has 1 aliphatic heterocycles. The number of benzene rings is 2. The molecule has 0 bridgehead atoms. The largest absolute Gasteiger partial charge is 0.390 e. The summed E-state index contributed by atoms with van der Waals surface area (Å²) in [5, 5.41) is 14.9. The van der Waals surface area contributed by atoms with Gasteiger partial charge >= 0.3 is 0 Å². The summed E-state index contributed by atoms with van der Waals surface area (Å²) in [5.41, 5.74) is 4.57. The molecule has 30 heavy (non-hydrogen) atoms. The monoisotopic (exact) mass is 410 g/mol. The fourth-order valence-corrected chi connectivity index (χ4v) is 3.71. The van der Waals surface area contributed by atoms with Gasteiger partial charge in [-0.15, -0.1) is 0 Å². The molecule has 1 N–H and O–H groups in total.